The fourth-order valence-electron chi connectivity index (χ4n) is 3.13. The fraction of sp³-hybridized carbons (Fsp3) is 0.182. The molecule has 0 bridgehead atoms. The lowest BCUT2D eigenvalue weighted by molar-refractivity contribution is 0.782. The van der Waals surface area contributed by atoms with E-state index in [9.17, 15) is 0 Å². The second-order valence-electron chi connectivity index (χ2n) is 5.65. The van der Waals surface area contributed by atoms with Gasteiger partial charge in [0.15, 0.2) is 0 Å². The van der Waals surface area contributed by atoms with E-state index in [1.807, 2.05) is 0 Å². The van der Waals surface area contributed by atoms with Crippen LogP contribution < -0.4 is 0 Å². The summed E-state index contributed by atoms with van der Waals surface area (Å²) in [6, 6.07) is 17.1. The van der Waals surface area contributed by atoms with Crippen molar-refractivity contribution in [1.82, 2.24) is 0 Å². The summed E-state index contributed by atoms with van der Waals surface area (Å²) in [5, 5.41) is 4.98. The zero-order chi connectivity index (χ0) is 14.8. The molecule has 0 heterocycles. The highest BCUT2D eigenvalue weighted by atomic mass is 14.1. The third kappa shape index (κ3) is 2.14. The second kappa shape index (κ2) is 5.59. The molecule has 0 fully saturated rings. The Morgan fingerprint density at radius 3 is 1.41 bits per heavy atom. The van der Waals surface area contributed by atoms with Crippen LogP contribution >= 0.6 is 0 Å². The summed E-state index contributed by atoms with van der Waals surface area (Å²) in [6.07, 6.45) is 4.20. The highest BCUT2D eigenvalue weighted by Gasteiger charge is 2.11. The summed E-state index contributed by atoms with van der Waals surface area (Å²) in [5.41, 5.74) is 2.20. The van der Waals surface area contributed by atoms with Crippen LogP contribution in [-0.2, 0) is 0 Å². The number of hydrogen-bond donors (Lipinski definition) is 0. The Balaban J connectivity index is 2.21. The number of hydrogen-bond acceptors (Lipinski definition) is 0. The van der Waals surface area contributed by atoms with Gasteiger partial charge in [-0.2, -0.15) is 0 Å². The van der Waals surface area contributed by atoms with Gasteiger partial charge in [-0.05, 0) is 34.4 Å². The van der Waals surface area contributed by atoms with Crippen molar-refractivity contribution in [2.75, 3.05) is 0 Å². The van der Waals surface area contributed by atoms with E-state index in [4.69, 9.17) is 0 Å². The van der Waals surface area contributed by atoms with Crippen molar-refractivity contribution >= 4 is 21.5 Å². The third-order valence-corrected chi connectivity index (χ3v) is 4.21. The molecule has 22 heavy (non-hydrogen) atoms. The summed E-state index contributed by atoms with van der Waals surface area (Å²) in [4.78, 5) is 0. The molecule has 1 aliphatic rings. The summed E-state index contributed by atoms with van der Waals surface area (Å²) < 4.78 is 0. The van der Waals surface area contributed by atoms with E-state index in [1.165, 1.54) is 21.5 Å². The lowest BCUT2D eigenvalue weighted by Crippen LogP contribution is -1.92. The Kier molecular flexibility index (Phi) is 3.30. The monoisotopic (exact) mass is 280 g/mol. The van der Waals surface area contributed by atoms with Gasteiger partial charge in [0.2, 0.25) is 0 Å². The molecule has 0 N–H and O–H groups in total. The number of rotatable bonds is 0. The molecule has 0 heteroatoms. The Morgan fingerprint density at radius 1 is 0.545 bits per heavy atom. The van der Waals surface area contributed by atoms with Gasteiger partial charge in [-0.3, -0.25) is 0 Å². The Morgan fingerprint density at radius 2 is 0.955 bits per heavy atom. The fourth-order valence-corrected chi connectivity index (χ4v) is 3.13. The van der Waals surface area contributed by atoms with Crippen LogP contribution in [0.1, 0.15) is 36.8 Å². The maximum atomic E-state index is 3.42. The molecule has 0 nitrogen and oxygen atoms in total. The summed E-state index contributed by atoms with van der Waals surface area (Å²) in [6.45, 7) is 0. The molecule has 0 unspecified atom stereocenters. The van der Waals surface area contributed by atoms with E-state index in [2.05, 4.69) is 72.2 Å². The first-order valence-corrected chi connectivity index (χ1v) is 7.86. The molecule has 0 spiro atoms. The molecule has 0 saturated carbocycles. The van der Waals surface area contributed by atoms with Crippen molar-refractivity contribution in [3.05, 3.63) is 59.7 Å². The summed E-state index contributed by atoms with van der Waals surface area (Å²) in [7, 11) is 0. The molecule has 0 radical (unpaired) electrons. The van der Waals surface area contributed by atoms with Crippen LogP contribution in [-0.4, -0.2) is 0 Å². The average molecular weight is 280 g/mol. The van der Waals surface area contributed by atoms with Crippen molar-refractivity contribution in [3.63, 3.8) is 0 Å². The van der Waals surface area contributed by atoms with E-state index >= 15 is 0 Å². The molecule has 0 aromatic heterocycles. The van der Waals surface area contributed by atoms with Crippen molar-refractivity contribution < 1.29 is 0 Å². The molecule has 0 saturated heterocycles. The predicted octanol–water partition coefficient (Wildman–Crippen LogP) is 5.27. The van der Waals surface area contributed by atoms with Crippen molar-refractivity contribution in [2.45, 2.75) is 25.7 Å². The first-order valence-electron chi connectivity index (χ1n) is 7.86. The van der Waals surface area contributed by atoms with E-state index in [0.717, 1.165) is 36.8 Å². The number of fused-ring (bicyclic) bond motifs is 6. The minimum absolute atomic E-state index is 0.961. The molecule has 4 rings (SSSR count). The van der Waals surface area contributed by atoms with Crippen LogP contribution in [0.4, 0.5) is 0 Å². The van der Waals surface area contributed by atoms with Crippen LogP contribution in [0.5, 0.6) is 0 Å². The minimum atomic E-state index is 0.961. The Bertz CT molecular complexity index is 902. The van der Waals surface area contributed by atoms with Crippen LogP contribution in [0.15, 0.2) is 48.5 Å². The van der Waals surface area contributed by atoms with Crippen molar-refractivity contribution in [3.8, 4) is 23.7 Å². The van der Waals surface area contributed by atoms with Crippen LogP contribution in [0.3, 0.4) is 0 Å². The Hall–Kier alpha value is -2.70. The summed E-state index contributed by atoms with van der Waals surface area (Å²) >= 11 is 0. The first-order chi connectivity index (χ1) is 10.9. The first kappa shape index (κ1) is 13.0. The van der Waals surface area contributed by atoms with Gasteiger partial charge < -0.3 is 0 Å². The lowest BCUT2D eigenvalue weighted by Gasteiger charge is -2.10. The van der Waals surface area contributed by atoms with Gasteiger partial charge in [0.05, 0.1) is 0 Å². The van der Waals surface area contributed by atoms with Crippen LogP contribution in [0.25, 0.3) is 21.5 Å². The van der Waals surface area contributed by atoms with E-state index in [-0.39, 0.29) is 0 Å². The smallest absolute Gasteiger partial charge is 0.0486 e. The average Bonchev–Trinajstić information content (AvgIpc) is 2.59. The lowest BCUT2D eigenvalue weighted by atomic mass is 9.91. The molecular weight excluding hydrogens is 264 g/mol. The van der Waals surface area contributed by atoms with Gasteiger partial charge in [-0.25, -0.2) is 0 Å². The van der Waals surface area contributed by atoms with Gasteiger partial charge in [0.25, 0.3) is 0 Å². The van der Waals surface area contributed by atoms with Crippen LogP contribution in [0.2, 0.25) is 0 Å². The summed E-state index contributed by atoms with van der Waals surface area (Å²) in [5.74, 6) is 13.5. The Labute approximate surface area is 131 Å². The predicted molar refractivity (Wildman–Crippen MR) is 93.7 cm³/mol. The molecule has 3 aromatic rings. The van der Waals surface area contributed by atoms with Gasteiger partial charge in [-0.15, -0.1) is 0 Å². The maximum Gasteiger partial charge on any atom is 0.0486 e. The van der Waals surface area contributed by atoms with Gasteiger partial charge in [0, 0.05) is 24.0 Å². The molecule has 0 atom stereocenters. The highest BCUT2D eigenvalue weighted by molar-refractivity contribution is 6.12. The molecular formula is C22H16. The van der Waals surface area contributed by atoms with Crippen molar-refractivity contribution in [2.24, 2.45) is 0 Å². The van der Waals surface area contributed by atoms with Gasteiger partial charge in [-0.1, -0.05) is 72.2 Å². The normalized spacial score (nSPS) is 13.6. The second-order valence-corrected chi connectivity index (χ2v) is 5.65. The SMILES string of the molecule is C1#Cc2c(c3ccccc3c3ccccc23)C#CCCCC1. The van der Waals surface area contributed by atoms with E-state index < -0.39 is 0 Å². The maximum absolute atomic E-state index is 3.42. The minimum Gasteiger partial charge on any atom is -0.0978 e. The van der Waals surface area contributed by atoms with E-state index in [0.29, 0.717) is 0 Å². The topological polar surface area (TPSA) is 0 Å². The molecule has 1 aliphatic carbocycles. The van der Waals surface area contributed by atoms with Gasteiger partial charge in [0.1, 0.15) is 0 Å². The molecule has 0 amide bonds. The zero-order valence-corrected chi connectivity index (χ0v) is 12.4. The number of benzene rings is 3. The molecule has 3 aromatic carbocycles. The highest BCUT2D eigenvalue weighted by Crippen LogP contribution is 2.32. The van der Waals surface area contributed by atoms with Crippen LogP contribution in [0, 0.1) is 23.7 Å². The van der Waals surface area contributed by atoms with Crippen molar-refractivity contribution in [1.29, 1.82) is 0 Å². The van der Waals surface area contributed by atoms with E-state index in [1.54, 1.807) is 0 Å². The quantitative estimate of drug-likeness (QED) is 0.389. The third-order valence-electron chi connectivity index (χ3n) is 4.21. The largest absolute Gasteiger partial charge is 0.0978 e. The molecule has 104 valence electrons. The van der Waals surface area contributed by atoms with Gasteiger partial charge >= 0.3 is 0 Å². The zero-order valence-electron chi connectivity index (χ0n) is 12.4. The standard InChI is InChI=1S/C22H16/c1-2-4-6-12-18-17(11-5-3-1)19-13-7-9-15-21(19)22-16-10-8-14-20(18)22/h7-10,13-16H,1-4H2. The molecule has 0 aliphatic heterocycles.